The predicted octanol–water partition coefficient (Wildman–Crippen LogP) is 1.02. The van der Waals surface area contributed by atoms with Crippen LogP contribution in [-0.2, 0) is 13.6 Å². The van der Waals surface area contributed by atoms with E-state index in [1.165, 1.54) is 0 Å². The molecule has 2 atom stereocenters. The SMILES string of the molecule is CC1CNC(C(C)(C)C)CN1Cc1cn(C)nn1. The fourth-order valence-corrected chi connectivity index (χ4v) is 2.40. The monoisotopic (exact) mass is 251 g/mol. The molecule has 0 bridgehead atoms. The number of hydrogen-bond donors (Lipinski definition) is 1. The lowest BCUT2D eigenvalue weighted by Crippen LogP contribution is -2.59. The molecular formula is C13H25N5. The van der Waals surface area contributed by atoms with Gasteiger partial charge in [0.15, 0.2) is 0 Å². The second-order valence-electron chi connectivity index (χ2n) is 6.49. The Hall–Kier alpha value is -0.940. The summed E-state index contributed by atoms with van der Waals surface area (Å²) in [6.07, 6.45) is 2.00. The molecule has 0 spiro atoms. The lowest BCUT2D eigenvalue weighted by Gasteiger charge is -2.43. The van der Waals surface area contributed by atoms with Crippen molar-refractivity contribution in [3.05, 3.63) is 11.9 Å². The molecule has 1 aliphatic rings. The molecule has 18 heavy (non-hydrogen) atoms. The van der Waals surface area contributed by atoms with Crippen LogP contribution >= 0.6 is 0 Å². The highest BCUT2D eigenvalue weighted by atomic mass is 15.4. The lowest BCUT2D eigenvalue weighted by atomic mass is 9.85. The van der Waals surface area contributed by atoms with Crippen molar-refractivity contribution in [1.29, 1.82) is 0 Å². The Kier molecular flexibility index (Phi) is 3.73. The summed E-state index contributed by atoms with van der Waals surface area (Å²) in [4.78, 5) is 2.50. The molecule has 1 aliphatic heterocycles. The van der Waals surface area contributed by atoms with Gasteiger partial charge in [-0.25, -0.2) is 0 Å². The minimum atomic E-state index is 0.292. The van der Waals surface area contributed by atoms with E-state index in [0.29, 0.717) is 17.5 Å². The van der Waals surface area contributed by atoms with Crippen molar-refractivity contribution in [3.8, 4) is 0 Å². The molecule has 1 N–H and O–H groups in total. The number of aryl methyl sites for hydroxylation is 1. The van der Waals surface area contributed by atoms with Crippen LogP contribution in [0, 0.1) is 5.41 Å². The molecule has 2 rings (SSSR count). The summed E-state index contributed by atoms with van der Waals surface area (Å²) >= 11 is 0. The number of nitrogens with one attached hydrogen (secondary N) is 1. The van der Waals surface area contributed by atoms with Crippen LogP contribution in [0.4, 0.5) is 0 Å². The first-order chi connectivity index (χ1) is 8.36. The van der Waals surface area contributed by atoms with Gasteiger partial charge in [0.05, 0.1) is 5.69 Å². The lowest BCUT2D eigenvalue weighted by molar-refractivity contribution is 0.0866. The van der Waals surface area contributed by atoms with Crippen LogP contribution in [0.5, 0.6) is 0 Å². The second-order valence-corrected chi connectivity index (χ2v) is 6.49. The third kappa shape index (κ3) is 3.09. The smallest absolute Gasteiger partial charge is 0.0967 e. The average molecular weight is 251 g/mol. The molecule has 0 aromatic carbocycles. The van der Waals surface area contributed by atoms with Crippen LogP contribution in [0.3, 0.4) is 0 Å². The Bertz CT molecular complexity index is 392. The predicted molar refractivity (Wildman–Crippen MR) is 72.1 cm³/mol. The van der Waals surface area contributed by atoms with E-state index < -0.39 is 0 Å². The average Bonchev–Trinajstić information content (AvgIpc) is 2.66. The van der Waals surface area contributed by atoms with E-state index in [4.69, 9.17) is 0 Å². The van der Waals surface area contributed by atoms with Crippen LogP contribution in [0.2, 0.25) is 0 Å². The van der Waals surface area contributed by atoms with Gasteiger partial charge in [-0.3, -0.25) is 9.58 Å². The zero-order chi connectivity index (χ0) is 13.3. The summed E-state index contributed by atoms with van der Waals surface area (Å²) in [5.74, 6) is 0. The fourth-order valence-electron chi connectivity index (χ4n) is 2.40. The number of piperazine rings is 1. The van der Waals surface area contributed by atoms with E-state index in [9.17, 15) is 0 Å². The van der Waals surface area contributed by atoms with Crippen molar-refractivity contribution < 1.29 is 0 Å². The first-order valence-corrected chi connectivity index (χ1v) is 6.69. The summed E-state index contributed by atoms with van der Waals surface area (Å²) in [6.45, 7) is 12.2. The van der Waals surface area contributed by atoms with Crippen LogP contribution in [-0.4, -0.2) is 45.1 Å². The minimum absolute atomic E-state index is 0.292. The van der Waals surface area contributed by atoms with Gasteiger partial charge >= 0.3 is 0 Å². The van der Waals surface area contributed by atoms with Gasteiger partial charge < -0.3 is 5.32 Å². The number of aromatic nitrogens is 3. The van der Waals surface area contributed by atoms with E-state index in [1.54, 1.807) is 4.68 Å². The summed E-state index contributed by atoms with van der Waals surface area (Å²) in [5, 5.41) is 11.8. The fraction of sp³-hybridized carbons (Fsp3) is 0.846. The largest absolute Gasteiger partial charge is 0.311 e. The van der Waals surface area contributed by atoms with Crippen molar-refractivity contribution in [3.63, 3.8) is 0 Å². The van der Waals surface area contributed by atoms with Crippen LogP contribution < -0.4 is 5.32 Å². The van der Waals surface area contributed by atoms with E-state index >= 15 is 0 Å². The van der Waals surface area contributed by atoms with Crippen molar-refractivity contribution in [2.75, 3.05) is 13.1 Å². The maximum Gasteiger partial charge on any atom is 0.0967 e. The number of nitrogens with zero attached hydrogens (tertiary/aromatic N) is 4. The first kappa shape index (κ1) is 13.5. The molecule has 0 radical (unpaired) electrons. The number of hydrogen-bond acceptors (Lipinski definition) is 4. The minimum Gasteiger partial charge on any atom is -0.311 e. The van der Waals surface area contributed by atoms with Gasteiger partial charge in [0.1, 0.15) is 0 Å². The normalized spacial score (nSPS) is 26.5. The zero-order valence-corrected chi connectivity index (χ0v) is 12.1. The van der Waals surface area contributed by atoms with Crippen LogP contribution in [0.1, 0.15) is 33.4 Å². The van der Waals surface area contributed by atoms with Gasteiger partial charge in [0.2, 0.25) is 0 Å². The molecule has 102 valence electrons. The molecule has 2 unspecified atom stereocenters. The third-order valence-corrected chi connectivity index (χ3v) is 3.76. The summed E-state index contributed by atoms with van der Waals surface area (Å²) < 4.78 is 1.77. The molecule has 5 heteroatoms. The van der Waals surface area contributed by atoms with E-state index in [1.807, 2.05) is 13.2 Å². The highest BCUT2D eigenvalue weighted by Crippen LogP contribution is 2.24. The second kappa shape index (κ2) is 4.97. The third-order valence-electron chi connectivity index (χ3n) is 3.76. The van der Waals surface area contributed by atoms with Gasteiger partial charge in [0, 0.05) is 45.0 Å². The highest BCUT2D eigenvalue weighted by molar-refractivity contribution is 4.96. The quantitative estimate of drug-likeness (QED) is 0.852. The molecule has 0 aliphatic carbocycles. The summed E-state index contributed by atoms with van der Waals surface area (Å²) in [6, 6.07) is 1.08. The van der Waals surface area contributed by atoms with Gasteiger partial charge in [-0.2, -0.15) is 0 Å². The Balaban J connectivity index is 2.02. The number of rotatable bonds is 2. The van der Waals surface area contributed by atoms with Crippen molar-refractivity contribution in [2.45, 2.75) is 46.3 Å². The molecule has 0 amide bonds. The van der Waals surface area contributed by atoms with E-state index in [2.05, 4.69) is 48.2 Å². The zero-order valence-electron chi connectivity index (χ0n) is 12.1. The Morgan fingerprint density at radius 2 is 2.17 bits per heavy atom. The van der Waals surface area contributed by atoms with Crippen molar-refractivity contribution >= 4 is 0 Å². The van der Waals surface area contributed by atoms with Crippen molar-refractivity contribution in [2.24, 2.45) is 12.5 Å². The van der Waals surface area contributed by atoms with Crippen molar-refractivity contribution in [1.82, 2.24) is 25.2 Å². The maximum atomic E-state index is 4.18. The topological polar surface area (TPSA) is 46.0 Å². The molecule has 2 heterocycles. The summed E-state index contributed by atoms with van der Waals surface area (Å²) in [7, 11) is 1.91. The van der Waals surface area contributed by atoms with Gasteiger partial charge in [-0.1, -0.05) is 26.0 Å². The standard InChI is InChI=1S/C13H25N5/c1-10-6-14-12(13(2,3)4)9-18(10)8-11-7-17(5)16-15-11/h7,10,12,14H,6,8-9H2,1-5H3. The van der Waals surface area contributed by atoms with Gasteiger partial charge in [0.25, 0.3) is 0 Å². The first-order valence-electron chi connectivity index (χ1n) is 6.69. The molecule has 1 fully saturated rings. The Morgan fingerprint density at radius 3 is 2.72 bits per heavy atom. The molecule has 0 saturated carbocycles. The molecule has 5 nitrogen and oxygen atoms in total. The maximum absolute atomic E-state index is 4.18. The Morgan fingerprint density at radius 1 is 1.44 bits per heavy atom. The van der Waals surface area contributed by atoms with E-state index in [-0.39, 0.29) is 0 Å². The highest BCUT2D eigenvalue weighted by Gasteiger charge is 2.32. The molecule has 1 saturated heterocycles. The van der Waals surface area contributed by atoms with Gasteiger partial charge in [-0.15, -0.1) is 5.10 Å². The Labute approximate surface area is 110 Å². The van der Waals surface area contributed by atoms with E-state index in [0.717, 1.165) is 25.3 Å². The molecule has 1 aromatic heterocycles. The van der Waals surface area contributed by atoms with Crippen LogP contribution in [0.15, 0.2) is 6.20 Å². The van der Waals surface area contributed by atoms with Crippen LogP contribution in [0.25, 0.3) is 0 Å². The molecule has 1 aromatic rings. The van der Waals surface area contributed by atoms with Gasteiger partial charge in [-0.05, 0) is 12.3 Å². The molecular weight excluding hydrogens is 226 g/mol. The summed E-state index contributed by atoms with van der Waals surface area (Å²) in [5.41, 5.74) is 1.35.